The summed E-state index contributed by atoms with van der Waals surface area (Å²) in [5, 5.41) is 14.4. The van der Waals surface area contributed by atoms with Gasteiger partial charge in [-0.2, -0.15) is 18.3 Å². The quantitative estimate of drug-likeness (QED) is 0.618. The van der Waals surface area contributed by atoms with Gasteiger partial charge in [0.25, 0.3) is 0 Å². The summed E-state index contributed by atoms with van der Waals surface area (Å²) in [6, 6.07) is 0. The van der Waals surface area contributed by atoms with Crippen LogP contribution in [0.5, 0.6) is 0 Å². The number of aliphatic hydroxyl groups is 1. The van der Waals surface area contributed by atoms with E-state index in [2.05, 4.69) is 18.9 Å². The Balaban J connectivity index is 1.32. The minimum absolute atomic E-state index is 0.0320. The Bertz CT molecular complexity index is 910. The zero-order chi connectivity index (χ0) is 23.8. The van der Waals surface area contributed by atoms with E-state index < -0.39 is 17.3 Å². The lowest BCUT2D eigenvalue weighted by Crippen LogP contribution is -2.51. The summed E-state index contributed by atoms with van der Waals surface area (Å²) >= 11 is 0. The molecule has 4 saturated carbocycles. The van der Waals surface area contributed by atoms with Crippen molar-refractivity contribution in [3.05, 3.63) is 18.0 Å². The molecule has 1 N–H and O–H groups in total. The first-order valence-corrected chi connectivity index (χ1v) is 12.7. The number of carbonyl (C=O) groups excluding carboxylic acids is 1. The average molecular weight is 467 g/mol. The Morgan fingerprint density at radius 3 is 2.58 bits per heavy atom. The Morgan fingerprint density at radius 1 is 1.15 bits per heavy atom. The zero-order valence-electron chi connectivity index (χ0n) is 19.9. The van der Waals surface area contributed by atoms with Crippen molar-refractivity contribution < 1.29 is 23.1 Å². The van der Waals surface area contributed by atoms with E-state index in [0.717, 1.165) is 55.6 Å². The molecule has 4 fully saturated rings. The summed E-state index contributed by atoms with van der Waals surface area (Å²) in [5.74, 6) is 3.50. The van der Waals surface area contributed by atoms with Crippen LogP contribution in [0, 0.1) is 46.8 Å². The fourth-order valence-corrected chi connectivity index (χ4v) is 8.99. The SMILES string of the molecule is C[C@@H]1C[C@H](C(=O)Cn2cc(C(F)(F)F)cn2)[C@@]2(C)CC[C@@H]3C4CC[C@@](C)(O)C[C@H]4CCC3[C@H]12. The van der Waals surface area contributed by atoms with Gasteiger partial charge in [-0.05, 0) is 99.2 Å². The van der Waals surface area contributed by atoms with Gasteiger partial charge in [0.2, 0.25) is 0 Å². The molecule has 2 unspecified atom stereocenters. The molecule has 9 atom stereocenters. The number of halogens is 3. The maximum Gasteiger partial charge on any atom is 0.419 e. The second kappa shape index (κ2) is 7.82. The van der Waals surface area contributed by atoms with Crippen LogP contribution in [-0.2, 0) is 17.5 Å². The summed E-state index contributed by atoms with van der Waals surface area (Å²) < 4.78 is 40.0. The fourth-order valence-electron chi connectivity index (χ4n) is 8.99. The third-order valence-electron chi connectivity index (χ3n) is 10.2. The van der Waals surface area contributed by atoms with Gasteiger partial charge in [-0.25, -0.2) is 0 Å². The van der Waals surface area contributed by atoms with E-state index in [-0.39, 0.29) is 23.7 Å². The summed E-state index contributed by atoms with van der Waals surface area (Å²) in [6.45, 7) is 6.47. The lowest BCUT2D eigenvalue weighted by Gasteiger charge is -2.57. The van der Waals surface area contributed by atoms with Crippen LogP contribution in [0.25, 0.3) is 0 Å². The first kappa shape index (κ1) is 23.4. The number of nitrogens with zero attached hydrogens (tertiary/aromatic N) is 2. The Labute approximate surface area is 194 Å². The van der Waals surface area contributed by atoms with Crippen LogP contribution >= 0.6 is 0 Å². The van der Waals surface area contributed by atoms with Crippen LogP contribution in [0.2, 0.25) is 0 Å². The second-order valence-electron chi connectivity index (χ2n) is 12.3. The highest BCUT2D eigenvalue weighted by Crippen LogP contribution is 2.66. The number of fused-ring (bicyclic) bond motifs is 5. The topological polar surface area (TPSA) is 55.1 Å². The maximum atomic E-state index is 13.4. The molecule has 0 aliphatic heterocycles. The molecule has 5 rings (SSSR count). The third kappa shape index (κ3) is 3.96. The Hall–Kier alpha value is -1.37. The van der Waals surface area contributed by atoms with E-state index in [0.29, 0.717) is 35.5 Å². The van der Waals surface area contributed by atoms with Crippen LogP contribution in [0.1, 0.15) is 77.7 Å². The van der Waals surface area contributed by atoms with Crippen molar-refractivity contribution >= 4 is 5.78 Å². The average Bonchev–Trinajstić information content (AvgIpc) is 3.29. The molecule has 1 aromatic rings. The van der Waals surface area contributed by atoms with Crippen molar-refractivity contribution in [1.82, 2.24) is 9.78 Å². The number of hydrogen-bond acceptors (Lipinski definition) is 3. The van der Waals surface area contributed by atoms with Crippen molar-refractivity contribution in [2.24, 2.45) is 46.8 Å². The first-order valence-electron chi connectivity index (χ1n) is 12.7. The smallest absolute Gasteiger partial charge is 0.390 e. The molecular formula is C26H37F3N2O2. The van der Waals surface area contributed by atoms with Crippen LogP contribution < -0.4 is 0 Å². The van der Waals surface area contributed by atoms with Gasteiger partial charge in [0.15, 0.2) is 5.78 Å². The van der Waals surface area contributed by atoms with Crippen LogP contribution in [0.15, 0.2) is 12.4 Å². The van der Waals surface area contributed by atoms with Gasteiger partial charge in [0.1, 0.15) is 0 Å². The molecule has 4 aliphatic carbocycles. The molecule has 0 amide bonds. The molecule has 0 spiro atoms. The normalized spacial score (nSPS) is 45.2. The predicted octanol–water partition coefficient (Wildman–Crippen LogP) is 5.74. The summed E-state index contributed by atoms with van der Waals surface area (Å²) in [4.78, 5) is 13.4. The lowest BCUT2D eigenvalue weighted by molar-refractivity contribution is -0.138. The highest BCUT2D eigenvalue weighted by atomic mass is 19.4. The largest absolute Gasteiger partial charge is 0.419 e. The van der Waals surface area contributed by atoms with Gasteiger partial charge in [0.05, 0.1) is 23.9 Å². The minimum atomic E-state index is -4.44. The van der Waals surface area contributed by atoms with Crippen molar-refractivity contribution in [3.8, 4) is 0 Å². The third-order valence-corrected chi connectivity index (χ3v) is 10.2. The van der Waals surface area contributed by atoms with E-state index in [1.807, 2.05) is 6.92 Å². The molecule has 4 aliphatic rings. The van der Waals surface area contributed by atoms with E-state index >= 15 is 0 Å². The van der Waals surface area contributed by atoms with Gasteiger partial charge in [-0.3, -0.25) is 9.48 Å². The van der Waals surface area contributed by atoms with Gasteiger partial charge in [-0.1, -0.05) is 13.8 Å². The number of ketones is 1. The molecule has 184 valence electrons. The summed E-state index contributed by atoms with van der Waals surface area (Å²) in [5.41, 5.74) is -1.40. The lowest BCUT2D eigenvalue weighted by atomic mass is 9.48. The summed E-state index contributed by atoms with van der Waals surface area (Å²) in [6.07, 6.45) is 5.58. The molecular weight excluding hydrogens is 429 g/mol. The number of alkyl halides is 3. The monoisotopic (exact) mass is 466 g/mol. The number of aromatic nitrogens is 2. The van der Waals surface area contributed by atoms with Crippen molar-refractivity contribution in [1.29, 1.82) is 0 Å². The summed E-state index contributed by atoms with van der Waals surface area (Å²) in [7, 11) is 0. The van der Waals surface area contributed by atoms with Crippen LogP contribution in [0.4, 0.5) is 13.2 Å². The van der Waals surface area contributed by atoms with Gasteiger partial charge >= 0.3 is 6.18 Å². The molecule has 0 saturated heterocycles. The van der Waals surface area contributed by atoms with E-state index in [1.165, 1.54) is 12.8 Å². The Kier molecular flexibility index (Phi) is 5.54. The van der Waals surface area contributed by atoms with Gasteiger partial charge in [-0.15, -0.1) is 0 Å². The minimum Gasteiger partial charge on any atom is -0.390 e. The molecule has 1 aromatic heterocycles. The number of carbonyl (C=O) groups is 1. The van der Waals surface area contributed by atoms with Gasteiger partial charge < -0.3 is 5.11 Å². The molecule has 4 nitrogen and oxygen atoms in total. The maximum absolute atomic E-state index is 13.4. The van der Waals surface area contributed by atoms with Gasteiger partial charge in [0, 0.05) is 12.1 Å². The standard InChI is InChI=1S/C26H37F3N2O2/c1-15-10-21(22(32)14-31-13-17(12-30-31)26(27,28)29)25(3)9-7-19-18-6-8-24(2,33)11-16(18)4-5-20(19)23(15)25/h12-13,15-16,18-21,23,33H,4-11,14H2,1-3H3/t15-,16-,18?,19-,20?,21-,23+,24-,25-/m1/s1. The van der Waals surface area contributed by atoms with Crippen molar-refractivity contribution in [2.45, 2.75) is 90.5 Å². The molecule has 33 heavy (non-hydrogen) atoms. The van der Waals surface area contributed by atoms with Crippen LogP contribution in [0.3, 0.4) is 0 Å². The molecule has 0 radical (unpaired) electrons. The number of hydrogen-bond donors (Lipinski definition) is 1. The van der Waals surface area contributed by atoms with E-state index in [9.17, 15) is 23.1 Å². The molecule has 1 heterocycles. The Morgan fingerprint density at radius 2 is 1.88 bits per heavy atom. The van der Waals surface area contributed by atoms with Crippen LogP contribution in [-0.4, -0.2) is 26.3 Å². The second-order valence-corrected chi connectivity index (χ2v) is 12.3. The zero-order valence-corrected chi connectivity index (χ0v) is 19.9. The molecule has 7 heteroatoms. The molecule has 0 aromatic carbocycles. The fraction of sp³-hybridized carbons (Fsp3) is 0.846. The first-order chi connectivity index (χ1) is 15.4. The highest BCUT2D eigenvalue weighted by Gasteiger charge is 2.61. The van der Waals surface area contributed by atoms with Crippen molar-refractivity contribution in [3.63, 3.8) is 0 Å². The highest BCUT2D eigenvalue weighted by molar-refractivity contribution is 5.82. The van der Waals surface area contributed by atoms with E-state index in [4.69, 9.17) is 0 Å². The number of rotatable bonds is 3. The molecule has 0 bridgehead atoms. The van der Waals surface area contributed by atoms with E-state index in [1.54, 1.807) is 0 Å². The number of Topliss-reactive ketones (excluding diaryl/α,β-unsaturated/α-hetero) is 1. The van der Waals surface area contributed by atoms with Crippen molar-refractivity contribution in [2.75, 3.05) is 0 Å². The predicted molar refractivity (Wildman–Crippen MR) is 118 cm³/mol.